The van der Waals surface area contributed by atoms with Crippen LogP contribution in [0.2, 0.25) is 0 Å². The standard InChI is InChI=1S/C12H17NO3/c14-9-2-1-5-13(9)11-8-4-3-7(6-8)10(11)12(15)16/h7-8,10-11H,1-6H2,(H,15,16). The average Bonchev–Trinajstić information content (AvgIpc) is 2.90. The molecule has 0 aromatic carbocycles. The molecule has 88 valence electrons. The second-order valence-corrected chi connectivity index (χ2v) is 5.38. The predicted molar refractivity (Wildman–Crippen MR) is 56.7 cm³/mol. The number of hydrogen-bond donors (Lipinski definition) is 1. The minimum absolute atomic E-state index is 0.00579. The van der Waals surface area contributed by atoms with Crippen molar-refractivity contribution in [1.29, 1.82) is 0 Å². The van der Waals surface area contributed by atoms with E-state index in [0.717, 1.165) is 32.2 Å². The van der Waals surface area contributed by atoms with E-state index in [0.29, 0.717) is 18.3 Å². The van der Waals surface area contributed by atoms with E-state index in [9.17, 15) is 14.7 Å². The highest BCUT2D eigenvalue weighted by molar-refractivity contribution is 5.80. The van der Waals surface area contributed by atoms with Crippen LogP contribution in [0.15, 0.2) is 0 Å². The Morgan fingerprint density at radius 2 is 2.06 bits per heavy atom. The lowest BCUT2D eigenvalue weighted by molar-refractivity contribution is -0.148. The summed E-state index contributed by atoms with van der Waals surface area (Å²) in [4.78, 5) is 24.9. The molecule has 1 saturated heterocycles. The summed E-state index contributed by atoms with van der Waals surface area (Å²) >= 11 is 0. The van der Waals surface area contributed by atoms with Gasteiger partial charge in [-0.1, -0.05) is 0 Å². The third-order valence-electron chi connectivity index (χ3n) is 4.63. The van der Waals surface area contributed by atoms with Crippen LogP contribution in [0.1, 0.15) is 32.1 Å². The summed E-state index contributed by atoms with van der Waals surface area (Å²) in [7, 11) is 0. The van der Waals surface area contributed by atoms with Crippen molar-refractivity contribution in [2.24, 2.45) is 17.8 Å². The zero-order valence-corrected chi connectivity index (χ0v) is 9.26. The van der Waals surface area contributed by atoms with Crippen molar-refractivity contribution in [2.45, 2.75) is 38.1 Å². The van der Waals surface area contributed by atoms with Crippen molar-refractivity contribution in [2.75, 3.05) is 6.54 Å². The number of hydrogen-bond acceptors (Lipinski definition) is 2. The van der Waals surface area contributed by atoms with Crippen molar-refractivity contribution in [3.8, 4) is 0 Å². The van der Waals surface area contributed by atoms with Crippen LogP contribution in [0.4, 0.5) is 0 Å². The number of carbonyl (C=O) groups is 2. The minimum Gasteiger partial charge on any atom is -0.481 e. The second-order valence-electron chi connectivity index (χ2n) is 5.38. The zero-order valence-electron chi connectivity index (χ0n) is 9.26. The van der Waals surface area contributed by atoms with Gasteiger partial charge in [-0.05, 0) is 37.5 Å². The Morgan fingerprint density at radius 1 is 1.31 bits per heavy atom. The van der Waals surface area contributed by atoms with Crippen molar-refractivity contribution in [3.05, 3.63) is 0 Å². The summed E-state index contributed by atoms with van der Waals surface area (Å²) in [5.74, 6) is -0.0458. The van der Waals surface area contributed by atoms with E-state index in [4.69, 9.17) is 0 Å². The molecule has 2 aliphatic carbocycles. The van der Waals surface area contributed by atoms with Gasteiger partial charge in [0.05, 0.1) is 5.92 Å². The molecule has 0 spiro atoms. The highest BCUT2D eigenvalue weighted by atomic mass is 16.4. The van der Waals surface area contributed by atoms with Gasteiger partial charge in [-0.3, -0.25) is 9.59 Å². The minimum atomic E-state index is -0.697. The molecule has 2 saturated carbocycles. The molecule has 4 nitrogen and oxygen atoms in total. The molecule has 4 unspecified atom stereocenters. The first kappa shape index (κ1) is 10.1. The molecule has 2 bridgehead atoms. The molecule has 1 aliphatic heterocycles. The molecular formula is C12H17NO3. The first-order chi connectivity index (χ1) is 7.68. The fourth-order valence-corrected chi connectivity index (χ4v) is 4.04. The van der Waals surface area contributed by atoms with Gasteiger partial charge in [-0.25, -0.2) is 0 Å². The summed E-state index contributed by atoms with van der Waals surface area (Å²) in [6.07, 6.45) is 4.69. The highest BCUT2D eigenvalue weighted by Gasteiger charge is 2.54. The van der Waals surface area contributed by atoms with Crippen LogP contribution in [0.25, 0.3) is 0 Å². The number of amides is 1. The van der Waals surface area contributed by atoms with E-state index in [1.165, 1.54) is 0 Å². The molecule has 3 fully saturated rings. The van der Waals surface area contributed by atoms with E-state index >= 15 is 0 Å². The third kappa shape index (κ3) is 1.28. The maximum atomic E-state index is 11.7. The quantitative estimate of drug-likeness (QED) is 0.763. The maximum Gasteiger partial charge on any atom is 0.308 e. The van der Waals surface area contributed by atoms with E-state index in [1.807, 2.05) is 4.90 Å². The predicted octanol–water partition coefficient (Wildman–Crippen LogP) is 1.11. The average molecular weight is 223 g/mol. The number of carbonyl (C=O) groups excluding carboxylic acids is 1. The van der Waals surface area contributed by atoms with Gasteiger partial charge in [-0.15, -0.1) is 0 Å². The lowest BCUT2D eigenvalue weighted by Crippen LogP contribution is -2.47. The van der Waals surface area contributed by atoms with E-state index in [2.05, 4.69) is 0 Å². The summed E-state index contributed by atoms with van der Waals surface area (Å²) < 4.78 is 0. The lowest BCUT2D eigenvalue weighted by atomic mass is 9.83. The van der Waals surface area contributed by atoms with Gasteiger partial charge < -0.3 is 10.0 Å². The number of carboxylic acids is 1. The smallest absolute Gasteiger partial charge is 0.308 e. The molecule has 0 aromatic rings. The lowest BCUT2D eigenvalue weighted by Gasteiger charge is -2.35. The van der Waals surface area contributed by atoms with Gasteiger partial charge in [0.25, 0.3) is 0 Å². The number of aliphatic carboxylic acids is 1. The summed E-state index contributed by atoms with van der Waals surface area (Å²) in [5, 5.41) is 9.31. The van der Waals surface area contributed by atoms with Crippen LogP contribution in [-0.4, -0.2) is 34.5 Å². The van der Waals surface area contributed by atoms with Crippen LogP contribution in [-0.2, 0) is 9.59 Å². The second kappa shape index (κ2) is 3.47. The molecule has 1 amide bonds. The first-order valence-corrected chi connectivity index (χ1v) is 6.21. The molecule has 3 aliphatic rings. The molecule has 1 N–H and O–H groups in total. The Morgan fingerprint density at radius 3 is 2.69 bits per heavy atom. The largest absolute Gasteiger partial charge is 0.481 e. The van der Waals surface area contributed by atoms with E-state index < -0.39 is 5.97 Å². The van der Waals surface area contributed by atoms with Crippen molar-refractivity contribution >= 4 is 11.9 Å². The van der Waals surface area contributed by atoms with Crippen molar-refractivity contribution in [1.82, 2.24) is 4.90 Å². The van der Waals surface area contributed by atoms with Gasteiger partial charge >= 0.3 is 5.97 Å². The van der Waals surface area contributed by atoms with Crippen molar-refractivity contribution in [3.63, 3.8) is 0 Å². The summed E-state index contributed by atoms with van der Waals surface area (Å²) in [6, 6.07) is 0.00579. The molecule has 0 radical (unpaired) electrons. The Labute approximate surface area is 94.6 Å². The van der Waals surface area contributed by atoms with Gasteiger partial charge in [0.1, 0.15) is 0 Å². The molecule has 0 aromatic heterocycles. The SMILES string of the molecule is O=C(O)C1C2CCC(C2)C1N1CCCC1=O. The van der Waals surface area contributed by atoms with Crippen molar-refractivity contribution < 1.29 is 14.7 Å². The van der Waals surface area contributed by atoms with Gasteiger partial charge in [-0.2, -0.15) is 0 Å². The normalized spacial score (nSPS) is 42.0. The van der Waals surface area contributed by atoms with Gasteiger partial charge in [0.2, 0.25) is 5.91 Å². The Bertz CT molecular complexity index is 341. The van der Waals surface area contributed by atoms with Crippen LogP contribution in [0, 0.1) is 17.8 Å². The third-order valence-corrected chi connectivity index (χ3v) is 4.63. The number of likely N-dealkylation sites (tertiary alicyclic amines) is 1. The van der Waals surface area contributed by atoms with Crippen LogP contribution in [0.3, 0.4) is 0 Å². The molecule has 1 heterocycles. The molecule has 4 heteroatoms. The Hall–Kier alpha value is -1.06. The van der Waals surface area contributed by atoms with Gasteiger partial charge in [0.15, 0.2) is 0 Å². The summed E-state index contributed by atoms with van der Waals surface area (Å²) in [5.41, 5.74) is 0. The maximum absolute atomic E-state index is 11.7. The molecule has 4 atom stereocenters. The van der Waals surface area contributed by atoms with Gasteiger partial charge in [0, 0.05) is 19.0 Å². The monoisotopic (exact) mass is 223 g/mol. The van der Waals surface area contributed by atoms with E-state index in [1.54, 1.807) is 0 Å². The molecular weight excluding hydrogens is 206 g/mol. The highest BCUT2D eigenvalue weighted by Crippen LogP contribution is 2.51. The fraction of sp³-hybridized carbons (Fsp3) is 0.833. The number of nitrogens with zero attached hydrogens (tertiary/aromatic N) is 1. The topological polar surface area (TPSA) is 57.6 Å². The zero-order chi connectivity index (χ0) is 11.3. The van der Waals surface area contributed by atoms with Crippen LogP contribution < -0.4 is 0 Å². The van der Waals surface area contributed by atoms with Crippen LogP contribution in [0.5, 0.6) is 0 Å². The molecule has 16 heavy (non-hydrogen) atoms. The summed E-state index contributed by atoms with van der Waals surface area (Å²) in [6.45, 7) is 0.774. The first-order valence-electron chi connectivity index (χ1n) is 6.21. The number of rotatable bonds is 2. The number of fused-ring (bicyclic) bond motifs is 2. The van der Waals surface area contributed by atoms with E-state index in [-0.39, 0.29) is 17.9 Å². The Kier molecular flexibility index (Phi) is 2.19. The van der Waals surface area contributed by atoms with Crippen LogP contribution >= 0.6 is 0 Å². The Balaban J connectivity index is 1.87. The number of carboxylic acid groups (broad SMARTS) is 1. The fourth-order valence-electron chi connectivity index (χ4n) is 4.04. The molecule has 3 rings (SSSR count).